The first-order chi connectivity index (χ1) is 15.0. The number of benzene rings is 2. The number of piperidine rings is 1. The number of hydrogen-bond acceptors (Lipinski definition) is 4. The van der Waals surface area contributed by atoms with E-state index in [4.69, 9.17) is 15.7 Å². The van der Waals surface area contributed by atoms with Crippen molar-refractivity contribution in [2.45, 2.75) is 18.9 Å². The monoisotopic (exact) mass is 418 g/mol. The number of ether oxygens (including phenoxy) is 1. The van der Waals surface area contributed by atoms with E-state index in [0.717, 1.165) is 18.4 Å². The van der Waals surface area contributed by atoms with Crippen LogP contribution in [0.2, 0.25) is 0 Å². The van der Waals surface area contributed by atoms with Crippen LogP contribution in [0.1, 0.15) is 28.9 Å². The highest BCUT2D eigenvalue weighted by Crippen LogP contribution is 2.34. The summed E-state index contributed by atoms with van der Waals surface area (Å²) in [6, 6.07) is 15.4. The Morgan fingerprint density at radius 1 is 1.23 bits per heavy atom. The van der Waals surface area contributed by atoms with E-state index in [1.165, 1.54) is 12.1 Å². The van der Waals surface area contributed by atoms with E-state index in [2.05, 4.69) is 4.98 Å². The summed E-state index contributed by atoms with van der Waals surface area (Å²) in [7, 11) is 1.59. The Hall–Kier alpha value is -3.63. The number of amides is 1. The molecule has 31 heavy (non-hydrogen) atoms. The largest absolute Gasteiger partial charge is 0.497 e. The maximum atomic E-state index is 14.3. The molecule has 1 aliphatic rings. The van der Waals surface area contributed by atoms with E-state index in [1.807, 2.05) is 30.3 Å². The summed E-state index contributed by atoms with van der Waals surface area (Å²) in [5.41, 5.74) is 9.21. The van der Waals surface area contributed by atoms with E-state index in [-0.39, 0.29) is 17.5 Å². The molecule has 1 aromatic heterocycles. The zero-order valence-corrected chi connectivity index (χ0v) is 17.2. The lowest BCUT2D eigenvalue weighted by molar-refractivity contribution is 0.0703. The minimum absolute atomic E-state index is 0.0242. The van der Waals surface area contributed by atoms with Gasteiger partial charge in [0.05, 0.1) is 18.4 Å². The van der Waals surface area contributed by atoms with Crippen LogP contribution in [0, 0.1) is 17.1 Å². The van der Waals surface area contributed by atoms with Gasteiger partial charge < -0.3 is 20.4 Å². The molecule has 1 atom stereocenters. The molecule has 0 saturated carbocycles. The molecule has 2 aromatic carbocycles. The third-order valence-electron chi connectivity index (χ3n) is 5.57. The summed E-state index contributed by atoms with van der Waals surface area (Å²) in [6.07, 6.45) is 1.77. The highest BCUT2D eigenvalue weighted by Gasteiger charge is 2.25. The second-order valence-electron chi connectivity index (χ2n) is 7.66. The number of aromatic nitrogens is 1. The molecule has 3 aromatic rings. The molecule has 4 rings (SSSR count). The zero-order valence-electron chi connectivity index (χ0n) is 17.2. The first-order valence-corrected chi connectivity index (χ1v) is 10.1. The SMILES string of the molecule is COc1ccc(-c2[nH]c(C(=O)N3CCC[C@@H](N)C3)cc2-c2ccc(C#N)c(F)c2)cc1. The molecule has 0 bridgehead atoms. The number of H-pyrrole nitrogens is 1. The van der Waals surface area contributed by atoms with Gasteiger partial charge in [-0.3, -0.25) is 4.79 Å². The Bertz CT molecular complexity index is 1150. The number of hydrogen-bond donors (Lipinski definition) is 2. The highest BCUT2D eigenvalue weighted by atomic mass is 19.1. The van der Waals surface area contributed by atoms with Gasteiger partial charge in [0.1, 0.15) is 23.3 Å². The van der Waals surface area contributed by atoms with Crippen molar-refractivity contribution in [1.29, 1.82) is 5.26 Å². The summed E-state index contributed by atoms with van der Waals surface area (Å²) < 4.78 is 19.6. The second-order valence-corrected chi connectivity index (χ2v) is 7.66. The molecule has 1 amide bonds. The maximum Gasteiger partial charge on any atom is 0.270 e. The Labute approximate surface area is 180 Å². The number of nitriles is 1. The molecule has 1 saturated heterocycles. The minimum Gasteiger partial charge on any atom is -0.497 e. The van der Waals surface area contributed by atoms with Gasteiger partial charge in [-0.1, -0.05) is 6.07 Å². The average Bonchev–Trinajstić information content (AvgIpc) is 3.24. The number of nitrogens with one attached hydrogen (secondary N) is 1. The smallest absolute Gasteiger partial charge is 0.270 e. The lowest BCUT2D eigenvalue weighted by Gasteiger charge is -2.30. The van der Waals surface area contributed by atoms with Crippen molar-refractivity contribution in [3.63, 3.8) is 0 Å². The Morgan fingerprint density at radius 3 is 2.61 bits per heavy atom. The van der Waals surface area contributed by atoms with Gasteiger partial charge in [0.2, 0.25) is 0 Å². The summed E-state index contributed by atoms with van der Waals surface area (Å²) in [6.45, 7) is 1.17. The number of nitrogens with zero attached hydrogens (tertiary/aromatic N) is 2. The fraction of sp³-hybridized carbons (Fsp3) is 0.250. The predicted molar refractivity (Wildman–Crippen MR) is 116 cm³/mol. The van der Waals surface area contributed by atoms with Crippen LogP contribution in [0.25, 0.3) is 22.4 Å². The Balaban J connectivity index is 1.79. The molecule has 6 nitrogen and oxygen atoms in total. The summed E-state index contributed by atoms with van der Waals surface area (Å²) >= 11 is 0. The van der Waals surface area contributed by atoms with Crippen molar-refractivity contribution < 1.29 is 13.9 Å². The second kappa shape index (κ2) is 8.62. The molecule has 0 unspecified atom stereocenters. The van der Waals surface area contributed by atoms with Crippen molar-refractivity contribution in [2.24, 2.45) is 5.73 Å². The van der Waals surface area contributed by atoms with Crippen LogP contribution in [0.3, 0.4) is 0 Å². The molecule has 1 aliphatic heterocycles. The van der Waals surface area contributed by atoms with Crippen LogP contribution in [0.5, 0.6) is 5.75 Å². The van der Waals surface area contributed by atoms with E-state index in [0.29, 0.717) is 41.4 Å². The third kappa shape index (κ3) is 4.16. The van der Waals surface area contributed by atoms with E-state index in [9.17, 15) is 9.18 Å². The molecule has 158 valence electrons. The van der Waals surface area contributed by atoms with Gasteiger partial charge in [-0.25, -0.2) is 4.39 Å². The van der Waals surface area contributed by atoms with E-state index in [1.54, 1.807) is 24.1 Å². The molecule has 0 radical (unpaired) electrons. The first kappa shape index (κ1) is 20.6. The Morgan fingerprint density at radius 2 is 1.97 bits per heavy atom. The van der Waals surface area contributed by atoms with Gasteiger partial charge in [0.25, 0.3) is 5.91 Å². The molecule has 7 heteroatoms. The normalized spacial score (nSPS) is 16.1. The van der Waals surface area contributed by atoms with Crippen molar-refractivity contribution in [3.05, 3.63) is 65.6 Å². The van der Waals surface area contributed by atoms with Crippen molar-refractivity contribution in [1.82, 2.24) is 9.88 Å². The number of carbonyl (C=O) groups is 1. The molecule has 3 N–H and O–H groups in total. The molecular formula is C24H23FN4O2. The molecule has 2 heterocycles. The van der Waals surface area contributed by atoms with E-state index >= 15 is 0 Å². The highest BCUT2D eigenvalue weighted by molar-refractivity contribution is 5.97. The van der Waals surface area contributed by atoms with E-state index < -0.39 is 5.82 Å². The van der Waals surface area contributed by atoms with Gasteiger partial charge in [-0.05, 0) is 66.4 Å². The lowest BCUT2D eigenvalue weighted by Crippen LogP contribution is -2.45. The van der Waals surface area contributed by atoms with Gasteiger partial charge >= 0.3 is 0 Å². The van der Waals surface area contributed by atoms with Crippen LogP contribution >= 0.6 is 0 Å². The van der Waals surface area contributed by atoms with Crippen LogP contribution in [0.15, 0.2) is 48.5 Å². The fourth-order valence-electron chi connectivity index (χ4n) is 3.92. The average molecular weight is 418 g/mol. The summed E-state index contributed by atoms with van der Waals surface area (Å²) in [5, 5.41) is 9.04. The number of aromatic amines is 1. The lowest BCUT2D eigenvalue weighted by atomic mass is 10.00. The van der Waals surface area contributed by atoms with Crippen LogP contribution in [-0.4, -0.2) is 42.0 Å². The zero-order chi connectivity index (χ0) is 22.0. The van der Waals surface area contributed by atoms with Gasteiger partial charge in [-0.15, -0.1) is 0 Å². The number of nitrogens with two attached hydrogens (primary N) is 1. The molecule has 0 aliphatic carbocycles. The minimum atomic E-state index is -0.600. The fourth-order valence-corrected chi connectivity index (χ4v) is 3.92. The standard InChI is InChI=1S/C24H23FN4O2/c1-31-19-8-6-15(7-9-19)23-20(16-4-5-17(13-26)21(25)11-16)12-22(28-23)24(30)29-10-2-3-18(27)14-29/h4-9,11-12,18,28H,2-3,10,14,27H2,1H3/t18-/m1/s1. The van der Waals surface area contributed by atoms with Crippen LogP contribution in [0.4, 0.5) is 4.39 Å². The van der Waals surface area contributed by atoms with Crippen molar-refractivity contribution in [2.75, 3.05) is 20.2 Å². The number of halogens is 1. The maximum absolute atomic E-state index is 14.3. The summed E-state index contributed by atoms with van der Waals surface area (Å²) in [4.78, 5) is 18.1. The first-order valence-electron chi connectivity index (χ1n) is 10.1. The van der Waals surface area contributed by atoms with Crippen molar-refractivity contribution >= 4 is 5.91 Å². The molecule has 0 spiro atoms. The van der Waals surface area contributed by atoms with Crippen molar-refractivity contribution in [3.8, 4) is 34.2 Å². The predicted octanol–water partition coefficient (Wildman–Crippen LogP) is 3.93. The Kier molecular flexibility index (Phi) is 5.74. The number of carbonyl (C=O) groups excluding carboxylic acids is 1. The molecule has 1 fully saturated rings. The number of likely N-dealkylation sites (tertiary alicyclic amines) is 1. The molecular weight excluding hydrogens is 395 g/mol. The number of methoxy groups -OCH3 is 1. The van der Waals surface area contributed by atoms with Crippen LogP contribution < -0.4 is 10.5 Å². The summed E-state index contributed by atoms with van der Waals surface area (Å²) in [5.74, 6) is -0.0260. The number of rotatable bonds is 4. The third-order valence-corrected chi connectivity index (χ3v) is 5.57. The van der Waals surface area contributed by atoms with Gasteiger partial charge in [-0.2, -0.15) is 5.26 Å². The van der Waals surface area contributed by atoms with Gasteiger partial charge in [0.15, 0.2) is 0 Å². The topological polar surface area (TPSA) is 95.1 Å². The quantitative estimate of drug-likeness (QED) is 0.671. The van der Waals surface area contributed by atoms with Gasteiger partial charge in [0, 0.05) is 24.7 Å². The van der Waals surface area contributed by atoms with Crippen LogP contribution in [-0.2, 0) is 0 Å².